The van der Waals surface area contributed by atoms with Gasteiger partial charge in [0, 0.05) is 31.5 Å². The second-order valence-corrected chi connectivity index (χ2v) is 10.5. The SMILES string of the molecule is CCCCOc1c2n(c(CC3(c4cccc(C(C)C)c4)CCCC3)nc1=O)C[C@H](C)N(C)C2=O. The number of fused-ring (bicyclic) bond motifs is 1. The summed E-state index contributed by atoms with van der Waals surface area (Å²) in [6, 6.07) is 8.95. The average molecular weight is 466 g/mol. The Hall–Kier alpha value is -2.63. The van der Waals surface area contributed by atoms with Crippen LogP contribution in [0.2, 0.25) is 0 Å². The van der Waals surface area contributed by atoms with Crippen molar-refractivity contribution in [1.29, 1.82) is 0 Å². The van der Waals surface area contributed by atoms with Gasteiger partial charge in [-0.3, -0.25) is 9.59 Å². The number of hydrogen-bond acceptors (Lipinski definition) is 4. The molecule has 6 nitrogen and oxygen atoms in total. The van der Waals surface area contributed by atoms with Crippen LogP contribution < -0.4 is 10.3 Å². The Morgan fingerprint density at radius 2 is 1.94 bits per heavy atom. The zero-order chi connectivity index (χ0) is 24.5. The maximum absolute atomic E-state index is 13.3. The van der Waals surface area contributed by atoms with E-state index >= 15 is 0 Å². The third kappa shape index (κ3) is 4.51. The van der Waals surface area contributed by atoms with E-state index in [-0.39, 0.29) is 23.1 Å². The van der Waals surface area contributed by atoms with E-state index in [0.29, 0.717) is 37.0 Å². The summed E-state index contributed by atoms with van der Waals surface area (Å²) in [5, 5.41) is 0. The van der Waals surface area contributed by atoms with E-state index in [1.165, 1.54) is 24.0 Å². The van der Waals surface area contributed by atoms with E-state index < -0.39 is 5.56 Å². The molecule has 1 fully saturated rings. The molecule has 0 N–H and O–H groups in total. The first-order chi connectivity index (χ1) is 16.3. The van der Waals surface area contributed by atoms with Gasteiger partial charge in [0.15, 0.2) is 5.69 Å². The van der Waals surface area contributed by atoms with E-state index in [0.717, 1.165) is 25.7 Å². The lowest BCUT2D eigenvalue weighted by Crippen LogP contribution is -2.47. The van der Waals surface area contributed by atoms with Crippen molar-refractivity contribution in [1.82, 2.24) is 14.5 Å². The first-order valence-corrected chi connectivity index (χ1v) is 12.9. The molecule has 1 aromatic heterocycles. The summed E-state index contributed by atoms with van der Waals surface area (Å²) in [6.45, 7) is 9.59. The summed E-state index contributed by atoms with van der Waals surface area (Å²) in [5.41, 5.74) is 2.55. The van der Waals surface area contributed by atoms with Gasteiger partial charge in [-0.15, -0.1) is 0 Å². The number of ether oxygens (including phenoxy) is 1. The Balaban J connectivity index is 1.81. The van der Waals surface area contributed by atoms with Crippen LogP contribution >= 0.6 is 0 Å². The maximum Gasteiger partial charge on any atom is 0.316 e. The number of aromatic nitrogens is 2. The summed E-state index contributed by atoms with van der Waals surface area (Å²) in [4.78, 5) is 32.8. The van der Waals surface area contributed by atoms with Crippen LogP contribution in [0, 0.1) is 0 Å². The van der Waals surface area contributed by atoms with Crippen molar-refractivity contribution < 1.29 is 9.53 Å². The van der Waals surface area contributed by atoms with E-state index in [2.05, 4.69) is 50.0 Å². The first kappa shape index (κ1) is 24.5. The molecule has 6 heteroatoms. The Morgan fingerprint density at radius 1 is 1.21 bits per heavy atom. The highest BCUT2D eigenvalue weighted by Gasteiger charge is 2.40. The summed E-state index contributed by atoms with van der Waals surface area (Å²) in [6.07, 6.45) is 6.92. The highest BCUT2D eigenvalue weighted by Crippen LogP contribution is 2.44. The van der Waals surface area contributed by atoms with Gasteiger partial charge in [0.25, 0.3) is 5.91 Å². The van der Waals surface area contributed by atoms with Gasteiger partial charge in [0.05, 0.1) is 6.61 Å². The fraction of sp³-hybridized carbons (Fsp3) is 0.607. The Bertz CT molecular complexity index is 1100. The van der Waals surface area contributed by atoms with Gasteiger partial charge in [0.2, 0.25) is 5.75 Å². The predicted octanol–water partition coefficient (Wildman–Crippen LogP) is 5.07. The van der Waals surface area contributed by atoms with Gasteiger partial charge in [-0.25, -0.2) is 0 Å². The monoisotopic (exact) mass is 465 g/mol. The van der Waals surface area contributed by atoms with Crippen molar-refractivity contribution in [2.45, 2.75) is 96.6 Å². The second kappa shape index (κ2) is 9.93. The zero-order valence-electron chi connectivity index (χ0n) is 21.4. The Kier molecular flexibility index (Phi) is 7.15. The number of likely N-dealkylation sites (N-methyl/N-ethyl adjacent to an activating group) is 1. The van der Waals surface area contributed by atoms with E-state index in [1.54, 1.807) is 11.9 Å². The van der Waals surface area contributed by atoms with Gasteiger partial charge in [-0.1, -0.05) is 64.3 Å². The van der Waals surface area contributed by atoms with Crippen molar-refractivity contribution in [3.05, 3.63) is 57.3 Å². The van der Waals surface area contributed by atoms with Crippen LogP contribution in [0.25, 0.3) is 0 Å². The van der Waals surface area contributed by atoms with Crippen molar-refractivity contribution >= 4 is 5.91 Å². The van der Waals surface area contributed by atoms with Crippen LogP contribution in [0.15, 0.2) is 29.1 Å². The summed E-state index contributed by atoms with van der Waals surface area (Å²) < 4.78 is 7.85. The number of amides is 1. The number of benzene rings is 1. The number of hydrogen-bond donors (Lipinski definition) is 0. The standard InChI is InChI=1S/C28H39N3O3/c1-6-7-15-34-25-24-27(33)30(5)20(4)18-31(24)23(29-26(25)32)17-28(13-8-9-14-28)22-12-10-11-21(16-22)19(2)3/h10-12,16,19-20H,6-9,13-15,17-18H2,1-5H3/t20-/m0/s1. The quantitative estimate of drug-likeness (QED) is 0.510. The van der Waals surface area contributed by atoms with E-state index in [1.807, 2.05) is 11.5 Å². The van der Waals surface area contributed by atoms with Gasteiger partial charge < -0.3 is 14.2 Å². The van der Waals surface area contributed by atoms with Crippen LogP contribution in [0.4, 0.5) is 0 Å². The lowest BCUT2D eigenvalue weighted by Gasteiger charge is -2.36. The van der Waals surface area contributed by atoms with Crippen LogP contribution in [0.3, 0.4) is 0 Å². The molecule has 4 rings (SSSR count). The molecular formula is C28H39N3O3. The number of carbonyl (C=O) groups excluding carboxylic acids is 1. The highest BCUT2D eigenvalue weighted by molar-refractivity contribution is 5.96. The minimum Gasteiger partial charge on any atom is -0.486 e. The molecule has 34 heavy (non-hydrogen) atoms. The molecule has 1 aromatic carbocycles. The smallest absolute Gasteiger partial charge is 0.316 e. The molecule has 0 saturated heterocycles. The average Bonchev–Trinajstić information content (AvgIpc) is 3.29. The minimum atomic E-state index is -0.419. The van der Waals surface area contributed by atoms with Crippen LogP contribution in [-0.2, 0) is 18.4 Å². The number of rotatable bonds is 8. The van der Waals surface area contributed by atoms with E-state index in [9.17, 15) is 9.59 Å². The highest BCUT2D eigenvalue weighted by atomic mass is 16.5. The molecule has 0 spiro atoms. The second-order valence-electron chi connectivity index (χ2n) is 10.5. The van der Waals surface area contributed by atoms with Crippen molar-refractivity contribution in [3.63, 3.8) is 0 Å². The van der Waals surface area contributed by atoms with Gasteiger partial charge in [-0.2, -0.15) is 4.98 Å². The molecule has 0 unspecified atom stereocenters. The molecular weight excluding hydrogens is 426 g/mol. The normalized spacial score (nSPS) is 19.5. The first-order valence-electron chi connectivity index (χ1n) is 12.9. The van der Waals surface area contributed by atoms with Crippen LogP contribution in [-0.4, -0.2) is 40.1 Å². The van der Waals surface area contributed by atoms with Crippen LogP contribution in [0.5, 0.6) is 5.75 Å². The van der Waals surface area contributed by atoms with E-state index in [4.69, 9.17) is 4.74 Å². The fourth-order valence-corrected chi connectivity index (χ4v) is 5.48. The number of carbonyl (C=O) groups is 1. The predicted molar refractivity (Wildman–Crippen MR) is 135 cm³/mol. The van der Waals surface area contributed by atoms with Gasteiger partial charge >= 0.3 is 5.56 Å². The molecule has 0 bridgehead atoms. The van der Waals surface area contributed by atoms with Crippen molar-refractivity contribution in [2.24, 2.45) is 0 Å². The topological polar surface area (TPSA) is 64.4 Å². The number of nitrogens with zero attached hydrogens (tertiary/aromatic N) is 3. The zero-order valence-corrected chi connectivity index (χ0v) is 21.4. The van der Waals surface area contributed by atoms with Crippen molar-refractivity contribution in [2.75, 3.05) is 13.7 Å². The molecule has 184 valence electrons. The fourth-order valence-electron chi connectivity index (χ4n) is 5.48. The lowest BCUT2D eigenvalue weighted by atomic mass is 9.75. The van der Waals surface area contributed by atoms with Gasteiger partial charge in [0.1, 0.15) is 5.82 Å². The molecule has 1 saturated carbocycles. The number of unbranched alkanes of at least 4 members (excludes halogenated alkanes) is 1. The Labute approximate surface area is 203 Å². The lowest BCUT2D eigenvalue weighted by molar-refractivity contribution is 0.0657. The third-order valence-electron chi connectivity index (χ3n) is 7.82. The molecule has 1 atom stereocenters. The molecule has 0 radical (unpaired) electrons. The molecule has 2 heterocycles. The largest absolute Gasteiger partial charge is 0.486 e. The third-order valence-corrected chi connectivity index (χ3v) is 7.82. The maximum atomic E-state index is 13.3. The summed E-state index contributed by atoms with van der Waals surface area (Å²) in [5.74, 6) is 1.13. The molecule has 2 aliphatic rings. The van der Waals surface area contributed by atoms with Gasteiger partial charge in [-0.05, 0) is 43.2 Å². The Morgan fingerprint density at radius 3 is 2.62 bits per heavy atom. The minimum absolute atomic E-state index is 0.0235. The van der Waals surface area contributed by atoms with Crippen molar-refractivity contribution in [3.8, 4) is 5.75 Å². The summed E-state index contributed by atoms with van der Waals surface area (Å²) >= 11 is 0. The molecule has 2 aromatic rings. The molecule has 1 aliphatic carbocycles. The molecule has 1 aliphatic heterocycles. The summed E-state index contributed by atoms with van der Waals surface area (Å²) in [7, 11) is 1.80. The molecule has 1 amide bonds. The van der Waals surface area contributed by atoms with Crippen LogP contribution in [0.1, 0.15) is 99.6 Å².